The number of hydrogen-bond donors (Lipinski definition) is 2. The zero-order valence-corrected chi connectivity index (χ0v) is 12.3. The van der Waals surface area contributed by atoms with Gasteiger partial charge in [-0.1, -0.05) is 42.1 Å². The Hall–Kier alpha value is -2.18. The van der Waals surface area contributed by atoms with Crippen molar-refractivity contribution in [2.75, 3.05) is 17.4 Å². The minimum absolute atomic E-state index is 0.274. The normalized spacial score (nSPS) is 16.4. The molecule has 0 fully saturated rings. The molecule has 1 aliphatic rings. The van der Waals surface area contributed by atoms with Crippen LogP contribution in [0.4, 0.5) is 16.2 Å². The maximum Gasteiger partial charge on any atom is 0.338 e. The van der Waals surface area contributed by atoms with Gasteiger partial charge in [-0.25, -0.2) is 15.2 Å². The average Bonchev–Trinajstić information content (AvgIpc) is 2.86. The summed E-state index contributed by atoms with van der Waals surface area (Å²) >= 11 is 1.55. The fraction of sp³-hybridized carbons (Fsp3) is 0.133. The summed E-state index contributed by atoms with van der Waals surface area (Å²) in [5.74, 6) is 0. The van der Waals surface area contributed by atoms with Gasteiger partial charge in [0.25, 0.3) is 0 Å². The summed E-state index contributed by atoms with van der Waals surface area (Å²) in [6.45, 7) is 0. The molecule has 0 saturated heterocycles. The number of hydrazine groups is 1. The van der Waals surface area contributed by atoms with Crippen LogP contribution >= 0.6 is 11.8 Å². The standard InChI is InChI=1S/C15H15N3O2S/c1-20-15-18(12-9-5-6-10-13(12)21-15)17-14(19)16-11-7-3-2-4-8-11/h2-10,15H,1H3,(H2,16,17,19). The molecule has 5 nitrogen and oxygen atoms in total. The summed E-state index contributed by atoms with van der Waals surface area (Å²) < 4.78 is 5.40. The number of hydrogen-bond acceptors (Lipinski definition) is 4. The molecule has 0 bridgehead atoms. The molecule has 3 rings (SSSR count). The van der Waals surface area contributed by atoms with Gasteiger partial charge in [-0.2, -0.15) is 0 Å². The maximum atomic E-state index is 12.1. The second-order valence-corrected chi connectivity index (χ2v) is 5.51. The average molecular weight is 301 g/mol. The minimum Gasteiger partial charge on any atom is -0.350 e. The van der Waals surface area contributed by atoms with Crippen molar-refractivity contribution in [3.8, 4) is 0 Å². The van der Waals surface area contributed by atoms with Crippen molar-refractivity contribution in [2.24, 2.45) is 0 Å². The van der Waals surface area contributed by atoms with Gasteiger partial charge in [0, 0.05) is 17.7 Å². The van der Waals surface area contributed by atoms with E-state index in [0.29, 0.717) is 0 Å². The van der Waals surface area contributed by atoms with Crippen molar-refractivity contribution in [1.29, 1.82) is 0 Å². The minimum atomic E-state index is -0.305. The van der Waals surface area contributed by atoms with Gasteiger partial charge in [0.05, 0.1) is 5.69 Å². The molecule has 1 aliphatic heterocycles. The van der Waals surface area contributed by atoms with E-state index in [1.54, 1.807) is 23.9 Å². The third-order valence-corrected chi connectivity index (χ3v) is 4.22. The van der Waals surface area contributed by atoms with Crippen molar-refractivity contribution in [3.05, 3.63) is 54.6 Å². The van der Waals surface area contributed by atoms with Gasteiger partial charge in [0.15, 0.2) is 0 Å². The van der Waals surface area contributed by atoms with Gasteiger partial charge < -0.3 is 10.1 Å². The fourth-order valence-electron chi connectivity index (χ4n) is 2.09. The highest BCUT2D eigenvalue weighted by Gasteiger charge is 2.31. The Morgan fingerprint density at radius 3 is 2.62 bits per heavy atom. The Labute approximate surface area is 127 Å². The number of anilines is 2. The molecule has 1 heterocycles. The first-order valence-corrected chi connectivity index (χ1v) is 7.36. The summed E-state index contributed by atoms with van der Waals surface area (Å²) in [7, 11) is 1.62. The highest BCUT2D eigenvalue weighted by Crippen LogP contribution is 2.42. The largest absolute Gasteiger partial charge is 0.350 e. The van der Waals surface area contributed by atoms with Crippen LogP contribution in [0.2, 0.25) is 0 Å². The smallest absolute Gasteiger partial charge is 0.338 e. The molecule has 0 aliphatic carbocycles. The lowest BCUT2D eigenvalue weighted by molar-refractivity contribution is 0.162. The number of carbonyl (C=O) groups excluding carboxylic acids is 1. The number of ether oxygens (including phenoxy) is 1. The molecule has 2 amide bonds. The van der Waals surface area contributed by atoms with Crippen LogP contribution in [0.5, 0.6) is 0 Å². The van der Waals surface area contributed by atoms with E-state index >= 15 is 0 Å². The number of carbonyl (C=O) groups is 1. The molecular weight excluding hydrogens is 286 g/mol. The maximum absolute atomic E-state index is 12.1. The van der Waals surface area contributed by atoms with Gasteiger partial charge in [0.2, 0.25) is 5.56 Å². The van der Waals surface area contributed by atoms with Gasteiger partial charge in [-0.3, -0.25) is 0 Å². The Balaban J connectivity index is 1.72. The molecule has 0 aromatic heterocycles. The molecule has 108 valence electrons. The Bertz CT molecular complexity index is 636. The predicted octanol–water partition coefficient (Wildman–Crippen LogP) is 3.27. The number of nitrogens with one attached hydrogen (secondary N) is 2. The van der Waals surface area contributed by atoms with Crippen LogP contribution in [0.3, 0.4) is 0 Å². The third kappa shape index (κ3) is 2.96. The van der Waals surface area contributed by atoms with E-state index in [2.05, 4.69) is 10.7 Å². The molecule has 2 aromatic carbocycles. The van der Waals surface area contributed by atoms with Crippen LogP contribution < -0.4 is 15.8 Å². The van der Waals surface area contributed by atoms with Crippen LogP contribution in [0.25, 0.3) is 0 Å². The lowest BCUT2D eigenvalue weighted by Crippen LogP contribution is -2.48. The zero-order chi connectivity index (χ0) is 14.7. The summed E-state index contributed by atoms with van der Waals surface area (Å²) in [6.07, 6.45) is 0. The van der Waals surface area contributed by atoms with Crippen molar-refractivity contribution < 1.29 is 9.53 Å². The topological polar surface area (TPSA) is 53.6 Å². The number of para-hydroxylation sites is 2. The van der Waals surface area contributed by atoms with Crippen LogP contribution in [0, 0.1) is 0 Å². The molecule has 1 unspecified atom stereocenters. The molecule has 1 atom stereocenters. The van der Waals surface area contributed by atoms with E-state index in [1.807, 2.05) is 54.6 Å². The fourth-order valence-corrected chi connectivity index (χ4v) is 3.12. The van der Waals surface area contributed by atoms with Crippen molar-refractivity contribution >= 4 is 29.2 Å². The first-order valence-electron chi connectivity index (χ1n) is 6.48. The van der Waals surface area contributed by atoms with E-state index in [1.165, 1.54) is 0 Å². The van der Waals surface area contributed by atoms with Crippen molar-refractivity contribution in [2.45, 2.75) is 10.5 Å². The predicted molar refractivity (Wildman–Crippen MR) is 84.2 cm³/mol. The second-order valence-electron chi connectivity index (χ2n) is 4.43. The summed E-state index contributed by atoms with van der Waals surface area (Å²) in [4.78, 5) is 13.2. The van der Waals surface area contributed by atoms with E-state index < -0.39 is 0 Å². The molecule has 0 saturated carbocycles. The monoisotopic (exact) mass is 301 g/mol. The molecule has 0 spiro atoms. The first-order chi connectivity index (χ1) is 10.3. The summed E-state index contributed by atoms with van der Waals surface area (Å²) in [6, 6.07) is 16.8. The number of urea groups is 1. The van der Waals surface area contributed by atoms with Crippen molar-refractivity contribution in [1.82, 2.24) is 5.43 Å². The molecule has 0 radical (unpaired) electrons. The number of thioether (sulfide) groups is 1. The van der Waals surface area contributed by atoms with Crippen LogP contribution in [-0.4, -0.2) is 18.7 Å². The van der Waals surface area contributed by atoms with Gasteiger partial charge in [0.1, 0.15) is 0 Å². The number of nitrogens with zero attached hydrogens (tertiary/aromatic N) is 1. The van der Waals surface area contributed by atoms with Gasteiger partial charge in [-0.15, -0.1) is 0 Å². The molecular formula is C15H15N3O2S. The third-order valence-electron chi connectivity index (χ3n) is 3.02. The molecule has 2 aromatic rings. The number of fused-ring (bicyclic) bond motifs is 1. The lowest BCUT2D eigenvalue weighted by Gasteiger charge is -2.25. The van der Waals surface area contributed by atoms with Crippen LogP contribution in [0.1, 0.15) is 0 Å². The van der Waals surface area contributed by atoms with Crippen molar-refractivity contribution in [3.63, 3.8) is 0 Å². The number of amides is 2. The highest BCUT2D eigenvalue weighted by atomic mass is 32.2. The number of methoxy groups -OCH3 is 1. The quantitative estimate of drug-likeness (QED) is 0.913. The van der Waals surface area contributed by atoms with Crippen LogP contribution in [0.15, 0.2) is 59.5 Å². The Kier molecular flexibility index (Phi) is 3.98. The van der Waals surface area contributed by atoms with E-state index in [9.17, 15) is 4.79 Å². The van der Waals surface area contributed by atoms with Gasteiger partial charge in [-0.05, 0) is 24.3 Å². The highest BCUT2D eigenvalue weighted by molar-refractivity contribution is 8.00. The zero-order valence-electron chi connectivity index (χ0n) is 11.4. The van der Waals surface area contributed by atoms with Gasteiger partial charge >= 0.3 is 6.03 Å². The SMILES string of the molecule is COC1Sc2ccccc2N1NC(=O)Nc1ccccc1. The molecule has 6 heteroatoms. The molecule has 21 heavy (non-hydrogen) atoms. The van der Waals surface area contributed by atoms with E-state index in [4.69, 9.17) is 4.74 Å². The Morgan fingerprint density at radius 1 is 1.14 bits per heavy atom. The summed E-state index contributed by atoms with van der Waals surface area (Å²) in [5.41, 5.74) is 4.22. The lowest BCUT2D eigenvalue weighted by atomic mass is 10.3. The summed E-state index contributed by atoms with van der Waals surface area (Å²) in [5, 5.41) is 4.51. The number of benzene rings is 2. The van der Waals surface area contributed by atoms with Crippen LogP contribution in [-0.2, 0) is 4.74 Å². The second kappa shape index (κ2) is 6.07. The number of rotatable bonds is 3. The Morgan fingerprint density at radius 2 is 1.86 bits per heavy atom. The first kappa shape index (κ1) is 13.8. The molecule has 2 N–H and O–H groups in total. The van der Waals surface area contributed by atoms with E-state index in [-0.39, 0.29) is 11.6 Å². The van der Waals surface area contributed by atoms with E-state index in [0.717, 1.165) is 16.3 Å².